The van der Waals surface area contributed by atoms with E-state index >= 15 is 0 Å². The summed E-state index contributed by atoms with van der Waals surface area (Å²) >= 11 is 0. The highest BCUT2D eigenvalue weighted by Gasteiger charge is 2.27. The van der Waals surface area contributed by atoms with Gasteiger partial charge >= 0.3 is 12.1 Å². The van der Waals surface area contributed by atoms with Crippen LogP contribution in [-0.4, -0.2) is 42.7 Å². The van der Waals surface area contributed by atoms with Crippen LogP contribution in [-0.2, 0) is 25.6 Å². The van der Waals surface area contributed by atoms with Gasteiger partial charge in [-0.05, 0) is 5.56 Å². The zero-order valence-electron chi connectivity index (χ0n) is 11.4. The topological polar surface area (TPSA) is 94.1 Å². The number of amides is 1. The number of ether oxygens (including phenoxy) is 3. The molecule has 0 radical (unpaired) electrons. The second kappa shape index (κ2) is 7.61. The van der Waals surface area contributed by atoms with Gasteiger partial charge in [0, 0.05) is 6.42 Å². The zero-order chi connectivity index (χ0) is 15.1. The Morgan fingerprint density at radius 1 is 1.29 bits per heavy atom. The minimum Gasteiger partial charge on any atom is -0.480 e. The average Bonchev–Trinajstić information content (AvgIpc) is 2.98. The third kappa shape index (κ3) is 5.05. The third-order valence-corrected chi connectivity index (χ3v) is 2.92. The molecule has 114 valence electrons. The smallest absolute Gasteiger partial charge is 0.408 e. The Morgan fingerprint density at radius 2 is 1.95 bits per heavy atom. The van der Waals surface area contributed by atoms with E-state index in [1.807, 2.05) is 30.3 Å². The van der Waals surface area contributed by atoms with Gasteiger partial charge in [-0.25, -0.2) is 9.59 Å². The molecule has 1 heterocycles. The lowest BCUT2D eigenvalue weighted by Gasteiger charge is -2.17. The molecule has 2 N–H and O–H groups in total. The molecule has 1 aliphatic heterocycles. The number of carboxylic acids is 1. The van der Waals surface area contributed by atoms with E-state index in [1.54, 1.807) is 0 Å². The van der Waals surface area contributed by atoms with E-state index in [1.165, 1.54) is 0 Å². The molecule has 1 fully saturated rings. The summed E-state index contributed by atoms with van der Waals surface area (Å²) in [7, 11) is 0. The number of alkyl carbamates (subject to hydrolysis) is 1. The van der Waals surface area contributed by atoms with Crippen LogP contribution in [0.1, 0.15) is 12.0 Å². The molecule has 7 nitrogen and oxygen atoms in total. The van der Waals surface area contributed by atoms with Crippen molar-refractivity contribution in [3.63, 3.8) is 0 Å². The Balaban J connectivity index is 1.79. The van der Waals surface area contributed by atoms with Gasteiger partial charge in [0.2, 0.25) is 0 Å². The molecule has 0 spiro atoms. The Labute approximate surface area is 121 Å². The summed E-state index contributed by atoms with van der Waals surface area (Å²) in [4.78, 5) is 22.7. The van der Waals surface area contributed by atoms with E-state index in [0.717, 1.165) is 5.56 Å². The summed E-state index contributed by atoms with van der Waals surface area (Å²) in [6.07, 6.45) is -1.36. The molecule has 0 unspecified atom stereocenters. The molecule has 0 saturated carbocycles. The molecule has 1 aromatic rings. The molecule has 1 aliphatic rings. The van der Waals surface area contributed by atoms with Crippen molar-refractivity contribution in [3.8, 4) is 0 Å². The molecule has 21 heavy (non-hydrogen) atoms. The zero-order valence-corrected chi connectivity index (χ0v) is 11.4. The number of hydrogen-bond donors (Lipinski definition) is 2. The van der Waals surface area contributed by atoms with Gasteiger partial charge < -0.3 is 24.6 Å². The molecular formula is C14H17NO6. The molecule has 0 bridgehead atoms. The Morgan fingerprint density at radius 3 is 2.57 bits per heavy atom. The normalized spacial score (nSPS) is 16.4. The van der Waals surface area contributed by atoms with E-state index in [2.05, 4.69) is 5.32 Å². The standard InChI is InChI=1S/C14H17NO6/c16-13(17)11(8-12-19-6-7-20-12)15-14(18)21-9-10-4-2-1-3-5-10/h1-5,11-12H,6-9H2,(H,15,18)(H,16,17)/t11-/m0/s1. The summed E-state index contributed by atoms with van der Waals surface area (Å²) in [5.74, 6) is -1.16. The number of nitrogens with one attached hydrogen (secondary N) is 1. The number of carboxylic acid groups (broad SMARTS) is 1. The van der Waals surface area contributed by atoms with Crippen LogP contribution in [0.3, 0.4) is 0 Å². The number of benzene rings is 1. The van der Waals surface area contributed by atoms with E-state index in [9.17, 15) is 9.59 Å². The first-order valence-corrected chi connectivity index (χ1v) is 6.58. The molecule has 1 amide bonds. The molecule has 1 atom stereocenters. The van der Waals surface area contributed by atoms with Crippen molar-refractivity contribution >= 4 is 12.1 Å². The first-order chi connectivity index (χ1) is 10.1. The second-order valence-electron chi connectivity index (χ2n) is 4.50. The van der Waals surface area contributed by atoms with Gasteiger partial charge in [0.15, 0.2) is 6.29 Å². The molecular weight excluding hydrogens is 278 g/mol. The third-order valence-electron chi connectivity index (χ3n) is 2.92. The van der Waals surface area contributed by atoms with Crippen LogP contribution in [0.2, 0.25) is 0 Å². The van der Waals surface area contributed by atoms with Crippen molar-refractivity contribution in [1.82, 2.24) is 5.32 Å². The summed E-state index contributed by atoms with van der Waals surface area (Å²) < 4.78 is 15.3. The van der Waals surface area contributed by atoms with Crippen molar-refractivity contribution in [1.29, 1.82) is 0 Å². The monoisotopic (exact) mass is 295 g/mol. The molecule has 0 aliphatic carbocycles. The molecule has 0 aromatic heterocycles. The maximum atomic E-state index is 11.6. The highest BCUT2D eigenvalue weighted by atomic mass is 16.7. The second-order valence-corrected chi connectivity index (χ2v) is 4.50. The highest BCUT2D eigenvalue weighted by Crippen LogP contribution is 2.11. The minimum absolute atomic E-state index is 0.0375. The van der Waals surface area contributed by atoms with Gasteiger partial charge in [-0.15, -0.1) is 0 Å². The Kier molecular flexibility index (Phi) is 5.53. The lowest BCUT2D eigenvalue weighted by atomic mass is 10.2. The van der Waals surface area contributed by atoms with Gasteiger partial charge in [-0.2, -0.15) is 0 Å². The minimum atomic E-state index is -1.16. The van der Waals surface area contributed by atoms with Crippen LogP contribution in [0.4, 0.5) is 4.79 Å². The van der Waals surface area contributed by atoms with Crippen molar-refractivity contribution < 1.29 is 28.9 Å². The van der Waals surface area contributed by atoms with Gasteiger partial charge in [-0.3, -0.25) is 0 Å². The summed E-state index contributed by atoms with van der Waals surface area (Å²) in [6, 6.07) is 8.00. The van der Waals surface area contributed by atoms with Crippen molar-refractivity contribution in [2.24, 2.45) is 0 Å². The van der Waals surface area contributed by atoms with Gasteiger partial charge in [-0.1, -0.05) is 30.3 Å². The Bertz CT molecular complexity index is 472. The fraction of sp³-hybridized carbons (Fsp3) is 0.429. The predicted molar refractivity (Wildman–Crippen MR) is 71.5 cm³/mol. The quantitative estimate of drug-likeness (QED) is 0.817. The maximum absolute atomic E-state index is 11.6. The van der Waals surface area contributed by atoms with E-state index < -0.39 is 24.4 Å². The first kappa shape index (κ1) is 15.3. The number of rotatable bonds is 6. The molecule has 1 aromatic carbocycles. The van der Waals surface area contributed by atoms with E-state index in [0.29, 0.717) is 13.2 Å². The highest BCUT2D eigenvalue weighted by molar-refractivity contribution is 5.79. The van der Waals surface area contributed by atoms with Gasteiger partial charge in [0.1, 0.15) is 12.6 Å². The SMILES string of the molecule is O=C(N[C@@H](CC1OCCO1)C(=O)O)OCc1ccccc1. The summed E-state index contributed by atoms with van der Waals surface area (Å²) in [6.45, 7) is 0.931. The molecule has 1 saturated heterocycles. The molecule has 7 heteroatoms. The molecule has 2 rings (SSSR count). The van der Waals surface area contributed by atoms with E-state index in [-0.39, 0.29) is 13.0 Å². The van der Waals surface area contributed by atoms with Crippen LogP contribution in [0.5, 0.6) is 0 Å². The fourth-order valence-corrected chi connectivity index (χ4v) is 1.86. The summed E-state index contributed by atoms with van der Waals surface area (Å²) in [5.41, 5.74) is 0.821. The van der Waals surface area contributed by atoms with Crippen LogP contribution < -0.4 is 5.32 Å². The number of carbonyl (C=O) groups is 2. The summed E-state index contributed by atoms with van der Waals surface area (Å²) in [5, 5.41) is 11.4. The Hall–Kier alpha value is -2.12. The number of aliphatic carboxylic acids is 1. The average molecular weight is 295 g/mol. The van der Waals surface area contributed by atoms with Crippen LogP contribution in [0.15, 0.2) is 30.3 Å². The van der Waals surface area contributed by atoms with Crippen LogP contribution in [0, 0.1) is 0 Å². The lowest BCUT2D eigenvalue weighted by molar-refractivity contribution is -0.142. The first-order valence-electron chi connectivity index (χ1n) is 6.58. The van der Waals surface area contributed by atoms with Crippen molar-refractivity contribution in [2.45, 2.75) is 25.4 Å². The largest absolute Gasteiger partial charge is 0.480 e. The fourth-order valence-electron chi connectivity index (χ4n) is 1.86. The predicted octanol–water partition coefficient (Wildman–Crippen LogP) is 1.13. The van der Waals surface area contributed by atoms with Gasteiger partial charge in [0.25, 0.3) is 0 Å². The number of hydrogen-bond acceptors (Lipinski definition) is 5. The number of carbonyl (C=O) groups excluding carboxylic acids is 1. The van der Waals surface area contributed by atoms with Crippen molar-refractivity contribution in [2.75, 3.05) is 13.2 Å². The van der Waals surface area contributed by atoms with Crippen LogP contribution in [0.25, 0.3) is 0 Å². The van der Waals surface area contributed by atoms with Crippen molar-refractivity contribution in [3.05, 3.63) is 35.9 Å². The van der Waals surface area contributed by atoms with E-state index in [4.69, 9.17) is 19.3 Å². The lowest BCUT2D eigenvalue weighted by Crippen LogP contribution is -2.43. The van der Waals surface area contributed by atoms with Gasteiger partial charge in [0.05, 0.1) is 13.2 Å². The maximum Gasteiger partial charge on any atom is 0.408 e. The van der Waals surface area contributed by atoms with Crippen LogP contribution >= 0.6 is 0 Å².